The van der Waals surface area contributed by atoms with Gasteiger partial charge in [-0.3, -0.25) is 29.0 Å². The molecule has 2 heterocycles. The van der Waals surface area contributed by atoms with Crippen LogP contribution in [0.25, 0.3) is 10.8 Å². The summed E-state index contributed by atoms with van der Waals surface area (Å²) in [5.74, 6) is -0.842. The number of ether oxygens (including phenoxy) is 1. The number of carbonyl (C=O) groups excluding carboxylic acids is 4. The highest BCUT2D eigenvalue weighted by Gasteiger charge is 2.39. The Balaban J connectivity index is 1.28. The fourth-order valence-electron chi connectivity index (χ4n) is 5.53. The number of rotatable bonds is 14. The first-order valence-corrected chi connectivity index (χ1v) is 14.0. The number of carbonyl (C=O) groups is 4. The number of nitrogens with two attached hydrogens (primary N) is 1. The van der Waals surface area contributed by atoms with Gasteiger partial charge in [0.05, 0.1) is 7.11 Å². The molecule has 0 bridgehead atoms. The lowest BCUT2D eigenvalue weighted by Crippen LogP contribution is -2.44. The van der Waals surface area contributed by atoms with E-state index >= 15 is 0 Å². The highest BCUT2D eigenvalue weighted by atomic mass is 16.5. The molecule has 3 aromatic carbocycles. The third-order valence-corrected chi connectivity index (χ3v) is 7.60. The summed E-state index contributed by atoms with van der Waals surface area (Å²) in [6.45, 7) is 3.75. The smallest absolute Gasteiger partial charge is 0.261 e. The maximum atomic E-state index is 13.5. The quantitative estimate of drug-likeness (QED) is 0.203. The van der Waals surface area contributed by atoms with E-state index in [9.17, 15) is 19.2 Å². The van der Waals surface area contributed by atoms with Crippen molar-refractivity contribution in [2.24, 2.45) is 5.73 Å². The summed E-state index contributed by atoms with van der Waals surface area (Å²) in [5, 5.41) is 7.38. The van der Waals surface area contributed by atoms with Crippen molar-refractivity contribution in [1.82, 2.24) is 20.4 Å². The van der Waals surface area contributed by atoms with Crippen LogP contribution in [-0.4, -0.2) is 79.8 Å². The molecule has 0 aromatic heterocycles. The molecule has 0 unspecified atom stereocenters. The second kappa shape index (κ2) is 12.6. The number of nitrogens with zero attached hydrogens (tertiary/aromatic N) is 2. The van der Waals surface area contributed by atoms with Crippen molar-refractivity contribution in [2.45, 2.75) is 25.8 Å². The van der Waals surface area contributed by atoms with E-state index < -0.39 is 23.6 Å². The topological polar surface area (TPSA) is 134 Å². The lowest BCUT2D eigenvalue weighted by molar-refractivity contribution is 0.0587. The summed E-state index contributed by atoms with van der Waals surface area (Å²) < 4.78 is 5.38. The average molecular weight is 558 g/mol. The number of imide groups is 2. The highest BCUT2D eigenvalue weighted by molar-refractivity contribution is 6.33. The second-order valence-electron chi connectivity index (χ2n) is 10.2. The molecular weight excluding hydrogens is 522 g/mol. The molecule has 0 spiro atoms. The number of para-hydroxylation sites is 1. The van der Waals surface area contributed by atoms with Crippen molar-refractivity contribution in [3.8, 4) is 5.75 Å². The Hall–Kier alpha value is -4.12. The van der Waals surface area contributed by atoms with Crippen LogP contribution in [0.4, 0.5) is 0 Å². The summed E-state index contributed by atoms with van der Waals surface area (Å²) in [4.78, 5) is 56.1. The molecule has 10 nitrogen and oxygen atoms in total. The first-order valence-electron chi connectivity index (χ1n) is 14.0. The molecule has 0 fully saturated rings. The standard InChI is InChI=1S/C31H35N5O5/c1-41-25-8-3-2-7-20(25)19-34-16-6-18-36-30(39)23-11-9-21-26-22(10-12-24(27(23)26)31(36)40)29(38)35(28(21)37)17-5-15-33-14-4-13-32/h2-3,7-12,33-34H,4-6,13-19,32H2,1H3. The fourth-order valence-corrected chi connectivity index (χ4v) is 5.53. The number of hydrogen-bond donors (Lipinski definition) is 3. The Kier molecular flexibility index (Phi) is 8.72. The van der Waals surface area contributed by atoms with Gasteiger partial charge in [-0.2, -0.15) is 0 Å². The monoisotopic (exact) mass is 557 g/mol. The number of nitrogens with one attached hydrogen (secondary N) is 2. The van der Waals surface area contributed by atoms with Crippen LogP contribution in [0.1, 0.15) is 66.3 Å². The van der Waals surface area contributed by atoms with E-state index in [1.807, 2.05) is 24.3 Å². The first kappa shape index (κ1) is 28.4. The van der Waals surface area contributed by atoms with Crippen molar-refractivity contribution < 1.29 is 23.9 Å². The summed E-state index contributed by atoms with van der Waals surface area (Å²) >= 11 is 0. The third kappa shape index (κ3) is 5.46. The zero-order chi connectivity index (χ0) is 28.9. The van der Waals surface area contributed by atoms with Crippen molar-refractivity contribution in [3.63, 3.8) is 0 Å². The van der Waals surface area contributed by atoms with Crippen molar-refractivity contribution >= 4 is 34.4 Å². The molecule has 41 heavy (non-hydrogen) atoms. The molecule has 5 rings (SSSR count). The normalized spacial score (nSPS) is 14.4. The number of benzene rings is 3. The Morgan fingerprint density at radius 3 is 1.61 bits per heavy atom. The summed E-state index contributed by atoms with van der Waals surface area (Å²) in [5.41, 5.74) is 7.88. The van der Waals surface area contributed by atoms with Crippen molar-refractivity contribution in [1.29, 1.82) is 0 Å². The van der Waals surface area contributed by atoms with Gasteiger partial charge in [0.25, 0.3) is 23.6 Å². The largest absolute Gasteiger partial charge is 0.496 e. The van der Waals surface area contributed by atoms with Crippen LogP contribution in [0.3, 0.4) is 0 Å². The van der Waals surface area contributed by atoms with Gasteiger partial charge in [-0.25, -0.2) is 0 Å². The highest BCUT2D eigenvalue weighted by Crippen LogP contribution is 2.37. The minimum atomic E-state index is -0.415. The predicted octanol–water partition coefficient (Wildman–Crippen LogP) is 2.55. The van der Waals surface area contributed by atoms with Crippen LogP contribution in [-0.2, 0) is 6.54 Å². The first-order chi connectivity index (χ1) is 20.0. The van der Waals surface area contributed by atoms with Crippen LogP contribution in [0, 0.1) is 0 Å². The average Bonchev–Trinajstić information content (AvgIpc) is 2.99. The lowest BCUT2D eigenvalue weighted by Gasteiger charge is -2.32. The van der Waals surface area contributed by atoms with Gasteiger partial charge in [-0.15, -0.1) is 0 Å². The van der Waals surface area contributed by atoms with Gasteiger partial charge < -0.3 is 21.1 Å². The zero-order valence-electron chi connectivity index (χ0n) is 23.2. The van der Waals surface area contributed by atoms with Gasteiger partial charge in [0.2, 0.25) is 0 Å². The molecular formula is C31H35N5O5. The van der Waals surface area contributed by atoms with Crippen LogP contribution < -0.4 is 21.1 Å². The van der Waals surface area contributed by atoms with E-state index in [0.29, 0.717) is 72.0 Å². The maximum Gasteiger partial charge on any atom is 0.261 e. The van der Waals surface area contributed by atoms with Gasteiger partial charge in [-0.05, 0) is 75.8 Å². The van der Waals surface area contributed by atoms with Gasteiger partial charge in [0.15, 0.2) is 0 Å². The van der Waals surface area contributed by atoms with E-state index in [1.165, 1.54) is 9.80 Å². The molecule has 3 aromatic rings. The van der Waals surface area contributed by atoms with E-state index in [4.69, 9.17) is 10.5 Å². The molecule has 0 atom stereocenters. The number of amides is 4. The third-order valence-electron chi connectivity index (χ3n) is 7.60. The van der Waals surface area contributed by atoms with Crippen LogP contribution in [0.2, 0.25) is 0 Å². The molecule has 0 aliphatic carbocycles. The molecule has 0 saturated carbocycles. The Morgan fingerprint density at radius 2 is 1.12 bits per heavy atom. The number of methoxy groups -OCH3 is 1. The van der Waals surface area contributed by atoms with Gasteiger partial charge in [0.1, 0.15) is 5.75 Å². The van der Waals surface area contributed by atoms with Crippen molar-refractivity contribution in [2.75, 3.05) is 46.4 Å². The molecule has 214 valence electrons. The van der Waals surface area contributed by atoms with Gasteiger partial charge >= 0.3 is 0 Å². The Bertz CT molecular complexity index is 1430. The SMILES string of the molecule is COc1ccccc1CNCCCN1C(=O)c2ccc3c4c(ccc(c24)C1=O)C(=O)N(CCCNCCCN)C3=O. The van der Waals surface area contributed by atoms with E-state index in [2.05, 4.69) is 10.6 Å². The number of hydrogen-bond acceptors (Lipinski definition) is 8. The van der Waals surface area contributed by atoms with Crippen LogP contribution in [0.15, 0.2) is 48.5 Å². The van der Waals surface area contributed by atoms with Gasteiger partial charge in [0, 0.05) is 58.2 Å². The molecule has 4 amide bonds. The summed E-state index contributed by atoms with van der Waals surface area (Å²) in [6.07, 6.45) is 2.03. The molecule has 10 heteroatoms. The minimum Gasteiger partial charge on any atom is -0.496 e. The van der Waals surface area contributed by atoms with Crippen LogP contribution in [0.5, 0.6) is 5.75 Å². The summed E-state index contributed by atoms with van der Waals surface area (Å²) in [7, 11) is 1.63. The summed E-state index contributed by atoms with van der Waals surface area (Å²) in [6, 6.07) is 14.2. The maximum absolute atomic E-state index is 13.5. The Morgan fingerprint density at radius 1 is 0.659 bits per heavy atom. The van der Waals surface area contributed by atoms with Crippen LogP contribution >= 0.6 is 0 Å². The second-order valence-corrected chi connectivity index (χ2v) is 10.2. The molecule has 0 saturated heterocycles. The van der Waals surface area contributed by atoms with Gasteiger partial charge in [-0.1, -0.05) is 18.2 Å². The Labute approximate surface area is 238 Å². The minimum absolute atomic E-state index is 0.242. The fraction of sp³-hybridized carbons (Fsp3) is 0.355. The van der Waals surface area contributed by atoms with E-state index in [-0.39, 0.29) is 13.1 Å². The molecule has 4 N–H and O–H groups in total. The zero-order valence-corrected chi connectivity index (χ0v) is 23.2. The molecule has 0 radical (unpaired) electrons. The predicted molar refractivity (Wildman–Crippen MR) is 155 cm³/mol. The van der Waals surface area contributed by atoms with E-state index in [0.717, 1.165) is 24.3 Å². The van der Waals surface area contributed by atoms with Crippen molar-refractivity contribution in [3.05, 3.63) is 76.3 Å². The van der Waals surface area contributed by atoms with E-state index in [1.54, 1.807) is 31.4 Å². The molecule has 2 aliphatic heterocycles. The lowest BCUT2D eigenvalue weighted by atomic mass is 9.86. The molecule has 2 aliphatic rings.